The summed E-state index contributed by atoms with van der Waals surface area (Å²) >= 11 is 5.27. The van der Waals surface area contributed by atoms with Crippen LogP contribution in [-0.2, 0) is 5.75 Å². The van der Waals surface area contributed by atoms with Crippen LogP contribution in [0.5, 0.6) is 5.75 Å². The summed E-state index contributed by atoms with van der Waals surface area (Å²) in [6.07, 6.45) is 0. The minimum Gasteiger partial charge on any atom is -0.496 e. The molecule has 0 saturated heterocycles. The molecule has 0 saturated carbocycles. The zero-order chi connectivity index (χ0) is 12.1. The van der Waals surface area contributed by atoms with Crippen LogP contribution in [0.1, 0.15) is 5.56 Å². The van der Waals surface area contributed by atoms with Crippen molar-refractivity contribution in [3.8, 4) is 5.75 Å². The Morgan fingerprint density at radius 2 is 1.94 bits per heavy atom. The lowest BCUT2D eigenvalue weighted by Gasteiger charge is -2.07. The number of para-hydroxylation sites is 1. The maximum Gasteiger partial charge on any atom is 0.132 e. The second-order valence-electron chi connectivity index (χ2n) is 3.57. The van der Waals surface area contributed by atoms with Gasteiger partial charge in [-0.15, -0.1) is 11.8 Å². The summed E-state index contributed by atoms with van der Waals surface area (Å²) in [5, 5.41) is 0. The van der Waals surface area contributed by atoms with Crippen LogP contribution in [0.2, 0.25) is 0 Å². The summed E-state index contributed by atoms with van der Waals surface area (Å²) in [6, 6.07) is 16.5. The molecular formula is C14H13BrOS. The van der Waals surface area contributed by atoms with Gasteiger partial charge >= 0.3 is 0 Å². The highest BCUT2D eigenvalue weighted by atomic mass is 79.9. The predicted octanol–water partition coefficient (Wildman–Crippen LogP) is 4.75. The molecule has 0 fully saturated rings. The molecule has 2 aromatic carbocycles. The number of thioether (sulfide) groups is 1. The summed E-state index contributed by atoms with van der Waals surface area (Å²) < 4.78 is 6.45. The minimum absolute atomic E-state index is 0.937. The summed E-state index contributed by atoms with van der Waals surface area (Å²) in [5.41, 5.74) is 1.30. The van der Waals surface area contributed by atoms with E-state index >= 15 is 0 Å². The number of halogens is 1. The Bertz CT molecular complexity index is 499. The molecule has 88 valence electrons. The van der Waals surface area contributed by atoms with E-state index in [2.05, 4.69) is 40.2 Å². The smallest absolute Gasteiger partial charge is 0.132 e. The van der Waals surface area contributed by atoms with Gasteiger partial charge in [0.25, 0.3) is 0 Å². The van der Waals surface area contributed by atoms with Crippen molar-refractivity contribution < 1.29 is 4.74 Å². The van der Waals surface area contributed by atoms with Gasteiger partial charge in [-0.25, -0.2) is 0 Å². The molecule has 3 heteroatoms. The van der Waals surface area contributed by atoms with Crippen LogP contribution in [0.15, 0.2) is 57.9 Å². The normalized spacial score (nSPS) is 10.2. The van der Waals surface area contributed by atoms with Gasteiger partial charge in [0.2, 0.25) is 0 Å². The molecule has 0 amide bonds. The molecule has 0 N–H and O–H groups in total. The van der Waals surface area contributed by atoms with Crippen molar-refractivity contribution in [3.05, 3.63) is 58.6 Å². The van der Waals surface area contributed by atoms with Crippen molar-refractivity contribution in [2.24, 2.45) is 0 Å². The average Bonchev–Trinajstić information content (AvgIpc) is 2.37. The zero-order valence-corrected chi connectivity index (χ0v) is 11.9. The Morgan fingerprint density at radius 3 is 2.71 bits per heavy atom. The van der Waals surface area contributed by atoms with Crippen LogP contribution in [0.25, 0.3) is 0 Å². The van der Waals surface area contributed by atoms with E-state index < -0.39 is 0 Å². The van der Waals surface area contributed by atoms with Crippen molar-refractivity contribution in [1.82, 2.24) is 0 Å². The number of hydrogen-bond acceptors (Lipinski definition) is 2. The molecule has 0 aliphatic heterocycles. The van der Waals surface area contributed by atoms with Gasteiger partial charge in [-0.1, -0.05) is 40.2 Å². The van der Waals surface area contributed by atoms with Crippen molar-refractivity contribution >= 4 is 27.7 Å². The molecule has 0 atom stereocenters. The fourth-order valence-electron chi connectivity index (χ4n) is 1.53. The average molecular weight is 309 g/mol. The minimum atomic E-state index is 0.937. The zero-order valence-electron chi connectivity index (χ0n) is 9.52. The maximum atomic E-state index is 5.33. The Kier molecular flexibility index (Phi) is 4.51. The third-order valence-corrected chi connectivity index (χ3v) is 3.97. The number of methoxy groups -OCH3 is 1. The van der Waals surface area contributed by atoms with Gasteiger partial charge in [-0.2, -0.15) is 0 Å². The van der Waals surface area contributed by atoms with Crippen molar-refractivity contribution in [2.75, 3.05) is 7.11 Å². The highest BCUT2D eigenvalue weighted by molar-refractivity contribution is 9.10. The first-order valence-electron chi connectivity index (χ1n) is 5.30. The van der Waals surface area contributed by atoms with Crippen LogP contribution in [-0.4, -0.2) is 7.11 Å². The van der Waals surface area contributed by atoms with Crippen molar-refractivity contribution in [3.63, 3.8) is 0 Å². The van der Waals surface area contributed by atoms with Gasteiger partial charge in [-0.05, 0) is 29.8 Å². The van der Waals surface area contributed by atoms with Crippen molar-refractivity contribution in [2.45, 2.75) is 10.6 Å². The Hall–Kier alpha value is -0.930. The van der Waals surface area contributed by atoms with Gasteiger partial charge in [0.15, 0.2) is 0 Å². The van der Waals surface area contributed by atoms with Crippen LogP contribution in [0.4, 0.5) is 0 Å². The van der Waals surface area contributed by atoms with Gasteiger partial charge in [0.1, 0.15) is 5.75 Å². The largest absolute Gasteiger partial charge is 0.496 e. The first-order valence-corrected chi connectivity index (χ1v) is 7.08. The lowest BCUT2D eigenvalue weighted by molar-refractivity contribution is 0.405. The van der Waals surface area contributed by atoms with E-state index in [9.17, 15) is 0 Å². The number of hydrogen-bond donors (Lipinski definition) is 0. The van der Waals surface area contributed by atoms with Crippen LogP contribution in [0.3, 0.4) is 0 Å². The standard InChI is InChI=1S/C14H13BrOS/c1-16-13-7-2-3-8-14(13)17-10-11-5-4-6-12(15)9-11/h2-9H,10H2,1H3. The Morgan fingerprint density at radius 1 is 1.12 bits per heavy atom. The topological polar surface area (TPSA) is 9.23 Å². The Balaban J connectivity index is 2.07. The quantitative estimate of drug-likeness (QED) is 0.754. The van der Waals surface area contributed by atoms with Gasteiger partial charge in [0, 0.05) is 15.1 Å². The summed E-state index contributed by atoms with van der Waals surface area (Å²) in [4.78, 5) is 1.18. The van der Waals surface area contributed by atoms with Crippen LogP contribution >= 0.6 is 27.7 Å². The van der Waals surface area contributed by atoms with E-state index in [1.165, 1.54) is 10.5 Å². The first kappa shape index (κ1) is 12.5. The van der Waals surface area contributed by atoms with Crippen LogP contribution < -0.4 is 4.74 Å². The van der Waals surface area contributed by atoms with E-state index in [1.54, 1.807) is 18.9 Å². The second-order valence-corrected chi connectivity index (χ2v) is 5.50. The van der Waals surface area contributed by atoms with E-state index in [-0.39, 0.29) is 0 Å². The monoisotopic (exact) mass is 308 g/mol. The fourth-order valence-corrected chi connectivity index (χ4v) is 2.94. The molecule has 0 bridgehead atoms. The van der Waals surface area contributed by atoms with E-state index in [1.807, 2.05) is 24.3 Å². The fraction of sp³-hybridized carbons (Fsp3) is 0.143. The highest BCUT2D eigenvalue weighted by Crippen LogP contribution is 2.31. The SMILES string of the molecule is COc1ccccc1SCc1cccc(Br)c1. The second kappa shape index (κ2) is 6.12. The molecule has 0 aliphatic rings. The molecule has 2 aromatic rings. The highest BCUT2D eigenvalue weighted by Gasteiger charge is 2.02. The molecule has 0 unspecified atom stereocenters. The number of ether oxygens (including phenoxy) is 1. The molecule has 17 heavy (non-hydrogen) atoms. The molecule has 0 spiro atoms. The van der Waals surface area contributed by atoms with Gasteiger partial charge < -0.3 is 4.74 Å². The molecular weight excluding hydrogens is 296 g/mol. The van der Waals surface area contributed by atoms with E-state index in [0.717, 1.165) is 16.0 Å². The van der Waals surface area contributed by atoms with Crippen molar-refractivity contribution in [1.29, 1.82) is 0 Å². The molecule has 0 radical (unpaired) electrons. The summed E-state index contributed by atoms with van der Waals surface area (Å²) in [7, 11) is 1.71. The maximum absolute atomic E-state index is 5.33. The third-order valence-electron chi connectivity index (χ3n) is 2.35. The molecule has 0 aliphatic carbocycles. The van der Waals surface area contributed by atoms with E-state index in [4.69, 9.17) is 4.74 Å². The lowest BCUT2D eigenvalue weighted by atomic mass is 10.2. The number of benzene rings is 2. The third kappa shape index (κ3) is 3.51. The molecule has 1 nitrogen and oxygen atoms in total. The first-order chi connectivity index (χ1) is 8.29. The lowest BCUT2D eigenvalue weighted by Crippen LogP contribution is -1.86. The van der Waals surface area contributed by atoms with E-state index in [0.29, 0.717) is 0 Å². The summed E-state index contributed by atoms with van der Waals surface area (Å²) in [5.74, 6) is 1.88. The molecule has 0 heterocycles. The van der Waals surface area contributed by atoms with Crippen LogP contribution in [0, 0.1) is 0 Å². The molecule has 0 aromatic heterocycles. The summed E-state index contributed by atoms with van der Waals surface area (Å²) in [6.45, 7) is 0. The predicted molar refractivity (Wildman–Crippen MR) is 76.7 cm³/mol. The number of rotatable bonds is 4. The van der Waals surface area contributed by atoms with Gasteiger partial charge in [-0.3, -0.25) is 0 Å². The van der Waals surface area contributed by atoms with Gasteiger partial charge in [0.05, 0.1) is 7.11 Å². The Labute approximate surface area is 114 Å². The molecule has 2 rings (SSSR count).